The summed E-state index contributed by atoms with van der Waals surface area (Å²) in [6, 6.07) is 11.0. The molecular weight excluding hydrogens is 302 g/mol. The number of rotatable bonds is 4. The SMILES string of the molecule is Cc1ccc(C(=O)Nc2ccccc2-c2n[nH]c(C(C)C)n2)cn1. The van der Waals surface area contributed by atoms with Crippen LogP contribution in [0.3, 0.4) is 0 Å². The van der Waals surface area contributed by atoms with Crippen LogP contribution >= 0.6 is 0 Å². The fourth-order valence-corrected chi connectivity index (χ4v) is 2.24. The summed E-state index contributed by atoms with van der Waals surface area (Å²) in [5.74, 6) is 1.42. The number of hydrogen-bond donors (Lipinski definition) is 2. The zero-order valence-corrected chi connectivity index (χ0v) is 13.9. The summed E-state index contributed by atoms with van der Waals surface area (Å²) in [4.78, 5) is 21.1. The molecule has 2 heterocycles. The number of H-pyrrole nitrogens is 1. The third-order valence-corrected chi connectivity index (χ3v) is 3.64. The summed E-state index contributed by atoms with van der Waals surface area (Å²) in [5.41, 5.74) is 2.81. The third-order valence-electron chi connectivity index (χ3n) is 3.64. The number of aromatic amines is 1. The summed E-state index contributed by atoms with van der Waals surface area (Å²) < 4.78 is 0. The van der Waals surface area contributed by atoms with E-state index in [9.17, 15) is 4.79 Å². The van der Waals surface area contributed by atoms with Crippen molar-refractivity contribution in [3.63, 3.8) is 0 Å². The van der Waals surface area contributed by atoms with Crippen LogP contribution in [-0.2, 0) is 0 Å². The van der Waals surface area contributed by atoms with Crippen LogP contribution in [0.25, 0.3) is 11.4 Å². The maximum absolute atomic E-state index is 12.4. The first-order chi connectivity index (χ1) is 11.5. The Morgan fingerprint density at radius 1 is 1.17 bits per heavy atom. The second kappa shape index (κ2) is 6.62. The van der Waals surface area contributed by atoms with Crippen molar-refractivity contribution in [2.45, 2.75) is 26.7 Å². The van der Waals surface area contributed by atoms with Crippen LogP contribution < -0.4 is 5.32 Å². The Bertz CT molecular complexity index is 852. The first-order valence-electron chi connectivity index (χ1n) is 7.80. The maximum atomic E-state index is 12.4. The predicted octanol–water partition coefficient (Wildman–Crippen LogP) is 3.55. The van der Waals surface area contributed by atoms with E-state index in [1.165, 1.54) is 0 Å². The molecule has 0 aliphatic rings. The molecule has 0 aliphatic heterocycles. The van der Waals surface area contributed by atoms with Crippen molar-refractivity contribution in [2.75, 3.05) is 5.32 Å². The van der Waals surface area contributed by atoms with Gasteiger partial charge in [-0.2, -0.15) is 5.10 Å². The number of para-hydroxylation sites is 1. The van der Waals surface area contributed by atoms with E-state index in [-0.39, 0.29) is 11.8 Å². The number of anilines is 1. The lowest BCUT2D eigenvalue weighted by atomic mass is 10.1. The Kier molecular flexibility index (Phi) is 4.37. The second-order valence-electron chi connectivity index (χ2n) is 5.89. The van der Waals surface area contributed by atoms with E-state index in [4.69, 9.17) is 0 Å². The number of carbonyl (C=O) groups excluding carboxylic acids is 1. The standard InChI is InChI=1S/C18H19N5O/c1-11(2)16-21-17(23-22-16)14-6-4-5-7-15(14)20-18(24)13-9-8-12(3)19-10-13/h4-11H,1-3H3,(H,20,24)(H,21,22,23). The van der Waals surface area contributed by atoms with E-state index in [0.717, 1.165) is 17.1 Å². The number of carbonyl (C=O) groups is 1. The molecule has 2 aromatic heterocycles. The van der Waals surface area contributed by atoms with E-state index in [0.29, 0.717) is 17.1 Å². The molecule has 0 atom stereocenters. The van der Waals surface area contributed by atoms with E-state index < -0.39 is 0 Å². The topological polar surface area (TPSA) is 83.6 Å². The summed E-state index contributed by atoms with van der Waals surface area (Å²) in [6.45, 7) is 5.97. The highest BCUT2D eigenvalue weighted by molar-refractivity contribution is 6.05. The molecule has 1 amide bonds. The fraction of sp³-hybridized carbons (Fsp3) is 0.222. The van der Waals surface area contributed by atoms with Gasteiger partial charge < -0.3 is 5.32 Å². The quantitative estimate of drug-likeness (QED) is 0.769. The zero-order valence-electron chi connectivity index (χ0n) is 13.9. The number of amides is 1. The molecule has 0 saturated carbocycles. The Morgan fingerprint density at radius 2 is 1.96 bits per heavy atom. The van der Waals surface area contributed by atoms with Gasteiger partial charge in [0, 0.05) is 23.4 Å². The summed E-state index contributed by atoms with van der Waals surface area (Å²) >= 11 is 0. The molecule has 0 radical (unpaired) electrons. The molecule has 0 unspecified atom stereocenters. The number of nitrogens with zero attached hydrogens (tertiary/aromatic N) is 3. The second-order valence-corrected chi connectivity index (χ2v) is 5.89. The van der Waals surface area contributed by atoms with Crippen molar-refractivity contribution < 1.29 is 4.79 Å². The molecule has 6 nitrogen and oxygen atoms in total. The Morgan fingerprint density at radius 3 is 2.62 bits per heavy atom. The Labute approximate surface area is 140 Å². The lowest BCUT2D eigenvalue weighted by Crippen LogP contribution is -2.13. The lowest BCUT2D eigenvalue weighted by molar-refractivity contribution is 0.102. The van der Waals surface area contributed by atoms with Crippen LogP contribution in [0.15, 0.2) is 42.6 Å². The van der Waals surface area contributed by atoms with Gasteiger partial charge in [0.1, 0.15) is 5.82 Å². The number of aryl methyl sites for hydroxylation is 1. The molecule has 1 aromatic carbocycles. The van der Waals surface area contributed by atoms with Crippen LogP contribution in [0.1, 0.15) is 41.6 Å². The predicted molar refractivity (Wildman–Crippen MR) is 92.8 cm³/mol. The minimum atomic E-state index is -0.213. The molecule has 3 rings (SSSR count). The molecule has 2 N–H and O–H groups in total. The number of benzene rings is 1. The normalized spacial score (nSPS) is 10.8. The zero-order chi connectivity index (χ0) is 17.1. The Balaban J connectivity index is 1.88. The first-order valence-corrected chi connectivity index (χ1v) is 7.80. The van der Waals surface area contributed by atoms with Gasteiger partial charge in [-0.3, -0.25) is 14.9 Å². The van der Waals surface area contributed by atoms with Crippen LogP contribution in [0, 0.1) is 6.92 Å². The molecule has 0 bridgehead atoms. The first kappa shape index (κ1) is 15.9. The fourth-order valence-electron chi connectivity index (χ4n) is 2.24. The van der Waals surface area contributed by atoms with Crippen LogP contribution in [-0.4, -0.2) is 26.1 Å². The molecule has 3 aromatic rings. The van der Waals surface area contributed by atoms with Gasteiger partial charge in [0.15, 0.2) is 5.82 Å². The monoisotopic (exact) mass is 321 g/mol. The van der Waals surface area contributed by atoms with E-state index >= 15 is 0 Å². The van der Waals surface area contributed by atoms with Gasteiger partial charge in [-0.15, -0.1) is 0 Å². The van der Waals surface area contributed by atoms with Crippen LogP contribution in [0.2, 0.25) is 0 Å². The van der Waals surface area contributed by atoms with Gasteiger partial charge in [0.25, 0.3) is 5.91 Å². The van der Waals surface area contributed by atoms with Crippen molar-refractivity contribution in [3.05, 3.63) is 59.7 Å². The van der Waals surface area contributed by atoms with Gasteiger partial charge in [0.2, 0.25) is 0 Å². The van der Waals surface area contributed by atoms with Crippen LogP contribution in [0.5, 0.6) is 0 Å². The minimum absolute atomic E-state index is 0.213. The third kappa shape index (κ3) is 3.32. The summed E-state index contributed by atoms with van der Waals surface area (Å²) in [5, 5.41) is 10.1. The number of pyridine rings is 1. The van der Waals surface area contributed by atoms with Gasteiger partial charge >= 0.3 is 0 Å². The van der Waals surface area contributed by atoms with Crippen molar-refractivity contribution >= 4 is 11.6 Å². The highest BCUT2D eigenvalue weighted by Gasteiger charge is 2.14. The number of hydrogen-bond acceptors (Lipinski definition) is 4. The smallest absolute Gasteiger partial charge is 0.257 e. The van der Waals surface area contributed by atoms with E-state index in [2.05, 4.69) is 25.5 Å². The molecule has 24 heavy (non-hydrogen) atoms. The number of aromatic nitrogens is 4. The van der Waals surface area contributed by atoms with Gasteiger partial charge in [0.05, 0.1) is 11.3 Å². The minimum Gasteiger partial charge on any atom is -0.321 e. The van der Waals surface area contributed by atoms with Gasteiger partial charge in [-0.1, -0.05) is 26.0 Å². The average Bonchev–Trinajstić information content (AvgIpc) is 3.06. The summed E-state index contributed by atoms with van der Waals surface area (Å²) in [7, 11) is 0. The highest BCUT2D eigenvalue weighted by Crippen LogP contribution is 2.26. The molecule has 0 spiro atoms. The van der Waals surface area contributed by atoms with E-state index in [1.54, 1.807) is 12.3 Å². The molecule has 0 aliphatic carbocycles. The van der Waals surface area contributed by atoms with Gasteiger partial charge in [-0.25, -0.2) is 4.98 Å². The van der Waals surface area contributed by atoms with Crippen molar-refractivity contribution in [1.29, 1.82) is 0 Å². The lowest BCUT2D eigenvalue weighted by Gasteiger charge is -2.09. The van der Waals surface area contributed by atoms with Crippen molar-refractivity contribution in [3.8, 4) is 11.4 Å². The average molecular weight is 321 g/mol. The molecular formula is C18H19N5O. The largest absolute Gasteiger partial charge is 0.321 e. The molecule has 0 fully saturated rings. The van der Waals surface area contributed by atoms with Gasteiger partial charge in [-0.05, 0) is 31.2 Å². The van der Waals surface area contributed by atoms with E-state index in [1.807, 2.05) is 51.1 Å². The number of nitrogens with one attached hydrogen (secondary N) is 2. The maximum Gasteiger partial charge on any atom is 0.257 e. The molecule has 0 saturated heterocycles. The Hall–Kier alpha value is -3.02. The highest BCUT2D eigenvalue weighted by atomic mass is 16.1. The van der Waals surface area contributed by atoms with Crippen molar-refractivity contribution in [1.82, 2.24) is 20.2 Å². The molecule has 122 valence electrons. The van der Waals surface area contributed by atoms with Crippen LogP contribution in [0.4, 0.5) is 5.69 Å². The molecule has 6 heteroatoms. The van der Waals surface area contributed by atoms with Crippen molar-refractivity contribution in [2.24, 2.45) is 0 Å². The summed E-state index contributed by atoms with van der Waals surface area (Å²) in [6.07, 6.45) is 1.57.